The summed E-state index contributed by atoms with van der Waals surface area (Å²) in [5.74, 6) is 0.157. The fourth-order valence-corrected chi connectivity index (χ4v) is 2.00. The Morgan fingerprint density at radius 2 is 1.83 bits per heavy atom. The Morgan fingerprint density at radius 3 is 2.38 bits per heavy atom. The van der Waals surface area contributed by atoms with E-state index in [9.17, 15) is 9.59 Å². The van der Waals surface area contributed by atoms with Crippen molar-refractivity contribution in [2.45, 2.75) is 0 Å². The molecule has 0 fully saturated rings. The highest BCUT2D eigenvalue weighted by molar-refractivity contribution is 6.01. The van der Waals surface area contributed by atoms with Gasteiger partial charge in [0.2, 0.25) is 0 Å². The molecule has 0 unspecified atom stereocenters. The molecule has 1 amide bonds. The van der Waals surface area contributed by atoms with Crippen LogP contribution in [0.4, 0.5) is 0 Å². The van der Waals surface area contributed by atoms with Gasteiger partial charge in [-0.3, -0.25) is 4.79 Å². The highest BCUT2D eigenvalue weighted by Crippen LogP contribution is 2.24. The molecular formula is C18H16N2O4. The van der Waals surface area contributed by atoms with Gasteiger partial charge in [0.1, 0.15) is 23.2 Å². The Bertz CT molecular complexity index is 823. The number of hydrogen-bond acceptors (Lipinski definition) is 5. The molecular weight excluding hydrogens is 308 g/mol. The van der Waals surface area contributed by atoms with Crippen molar-refractivity contribution < 1.29 is 18.7 Å². The molecule has 0 aliphatic rings. The number of carbonyl (C=O) groups is 2. The van der Waals surface area contributed by atoms with E-state index in [0.717, 1.165) is 5.56 Å². The number of benzene rings is 1. The summed E-state index contributed by atoms with van der Waals surface area (Å²) >= 11 is 0. The first kappa shape index (κ1) is 17.0. The number of ether oxygens (including phenoxy) is 1. The van der Waals surface area contributed by atoms with Gasteiger partial charge in [-0.05, 0) is 24.3 Å². The quantitative estimate of drug-likeness (QED) is 0.490. The summed E-state index contributed by atoms with van der Waals surface area (Å²) < 4.78 is 10.3. The van der Waals surface area contributed by atoms with Crippen LogP contribution < -0.4 is 0 Å². The molecule has 1 aromatic carbocycles. The second-order valence-electron chi connectivity index (χ2n) is 5.14. The maximum atomic E-state index is 11.8. The molecule has 0 aliphatic heterocycles. The summed E-state index contributed by atoms with van der Waals surface area (Å²) in [7, 11) is 4.47. The van der Waals surface area contributed by atoms with Crippen molar-refractivity contribution in [3.63, 3.8) is 0 Å². The summed E-state index contributed by atoms with van der Waals surface area (Å²) in [6, 6.07) is 12.0. The van der Waals surface area contributed by atoms with Gasteiger partial charge in [0.15, 0.2) is 0 Å². The van der Waals surface area contributed by atoms with Gasteiger partial charge >= 0.3 is 5.97 Å². The van der Waals surface area contributed by atoms with Crippen molar-refractivity contribution >= 4 is 18.0 Å². The molecule has 0 aliphatic carbocycles. The van der Waals surface area contributed by atoms with E-state index in [1.807, 2.05) is 6.07 Å². The van der Waals surface area contributed by atoms with Crippen LogP contribution in [0.1, 0.15) is 16.1 Å². The Labute approximate surface area is 139 Å². The van der Waals surface area contributed by atoms with Crippen LogP contribution in [0, 0.1) is 11.3 Å². The van der Waals surface area contributed by atoms with Gasteiger partial charge in [-0.15, -0.1) is 0 Å². The Kier molecular flexibility index (Phi) is 5.17. The van der Waals surface area contributed by atoms with Crippen LogP contribution in [0.15, 0.2) is 46.4 Å². The second-order valence-corrected chi connectivity index (χ2v) is 5.14. The molecule has 6 nitrogen and oxygen atoms in total. The van der Waals surface area contributed by atoms with Crippen molar-refractivity contribution in [3.8, 4) is 17.4 Å². The maximum Gasteiger partial charge on any atom is 0.337 e. The maximum absolute atomic E-state index is 11.8. The number of esters is 1. The first-order valence-electron chi connectivity index (χ1n) is 7.08. The fourth-order valence-electron chi connectivity index (χ4n) is 2.00. The van der Waals surface area contributed by atoms with Crippen LogP contribution in [0.5, 0.6) is 0 Å². The zero-order valence-electron chi connectivity index (χ0n) is 13.6. The number of carbonyl (C=O) groups excluding carboxylic acids is 2. The molecule has 0 atom stereocenters. The molecule has 122 valence electrons. The van der Waals surface area contributed by atoms with Gasteiger partial charge in [0.25, 0.3) is 5.91 Å². The number of hydrogen-bond donors (Lipinski definition) is 0. The lowest BCUT2D eigenvalue weighted by molar-refractivity contribution is -0.124. The summed E-state index contributed by atoms with van der Waals surface area (Å²) in [4.78, 5) is 24.6. The average molecular weight is 324 g/mol. The largest absolute Gasteiger partial charge is 0.465 e. The predicted octanol–water partition coefficient (Wildman–Crippen LogP) is 2.73. The molecule has 1 aromatic heterocycles. The molecule has 0 spiro atoms. The third-order valence-electron chi connectivity index (χ3n) is 3.26. The van der Waals surface area contributed by atoms with Crippen LogP contribution >= 0.6 is 0 Å². The zero-order chi connectivity index (χ0) is 17.7. The average Bonchev–Trinajstić information content (AvgIpc) is 3.07. The van der Waals surface area contributed by atoms with E-state index in [-0.39, 0.29) is 5.57 Å². The van der Waals surface area contributed by atoms with Gasteiger partial charge in [-0.1, -0.05) is 12.1 Å². The number of likely N-dealkylation sites (N-methyl/N-ethyl adjacent to an activating group) is 1. The van der Waals surface area contributed by atoms with E-state index in [1.165, 1.54) is 18.1 Å². The van der Waals surface area contributed by atoms with Crippen LogP contribution in [0.3, 0.4) is 0 Å². The van der Waals surface area contributed by atoms with Gasteiger partial charge in [-0.2, -0.15) is 5.26 Å². The normalized spacial score (nSPS) is 10.8. The van der Waals surface area contributed by atoms with E-state index in [0.29, 0.717) is 17.1 Å². The lowest BCUT2D eigenvalue weighted by atomic mass is 10.1. The number of rotatable bonds is 4. The first-order chi connectivity index (χ1) is 11.5. The Balaban J connectivity index is 2.26. The minimum Gasteiger partial charge on any atom is -0.465 e. The van der Waals surface area contributed by atoms with E-state index in [1.54, 1.807) is 50.5 Å². The van der Waals surface area contributed by atoms with Crippen LogP contribution in [-0.4, -0.2) is 38.0 Å². The van der Waals surface area contributed by atoms with Gasteiger partial charge in [0, 0.05) is 25.7 Å². The van der Waals surface area contributed by atoms with Crippen LogP contribution in [0.25, 0.3) is 17.4 Å². The SMILES string of the molecule is COC(=O)c1ccc(-c2ccc(/C=C(/C#N)C(=O)N(C)C)o2)cc1. The smallest absolute Gasteiger partial charge is 0.337 e. The Hall–Kier alpha value is -3.33. The van der Waals surface area contributed by atoms with E-state index >= 15 is 0 Å². The van der Waals surface area contributed by atoms with Crippen molar-refractivity contribution in [1.29, 1.82) is 5.26 Å². The monoisotopic (exact) mass is 324 g/mol. The number of nitriles is 1. The predicted molar refractivity (Wildman–Crippen MR) is 87.8 cm³/mol. The highest BCUT2D eigenvalue weighted by Gasteiger charge is 2.13. The van der Waals surface area contributed by atoms with E-state index in [2.05, 4.69) is 4.74 Å². The van der Waals surface area contributed by atoms with Gasteiger partial charge < -0.3 is 14.1 Å². The molecule has 0 saturated heterocycles. The number of methoxy groups -OCH3 is 1. The van der Waals surface area contributed by atoms with Crippen molar-refractivity contribution in [3.05, 3.63) is 53.3 Å². The zero-order valence-corrected chi connectivity index (χ0v) is 13.6. The fraction of sp³-hybridized carbons (Fsp3) is 0.167. The molecule has 0 bridgehead atoms. The van der Waals surface area contributed by atoms with Gasteiger partial charge in [0.05, 0.1) is 12.7 Å². The molecule has 0 radical (unpaired) electrons. The Morgan fingerprint density at radius 1 is 1.17 bits per heavy atom. The third kappa shape index (κ3) is 3.70. The standard InChI is InChI=1S/C18H16N2O4/c1-20(2)17(21)14(11-19)10-15-8-9-16(24-15)12-4-6-13(7-5-12)18(22)23-3/h4-10H,1-3H3/b14-10-. The molecule has 1 heterocycles. The van der Waals surface area contributed by atoms with Crippen molar-refractivity contribution in [2.24, 2.45) is 0 Å². The molecule has 2 rings (SSSR count). The summed E-state index contributed by atoms with van der Waals surface area (Å²) in [6.45, 7) is 0. The number of amides is 1. The second kappa shape index (κ2) is 7.29. The van der Waals surface area contributed by atoms with Crippen molar-refractivity contribution in [2.75, 3.05) is 21.2 Å². The van der Waals surface area contributed by atoms with Crippen LogP contribution in [-0.2, 0) is 9.53 Å². The minimum absolute atomic E-state index is 0.0121. The first-order valence-corrected chi connectivity index (χ1v) is 7.08. The number of nitrogens with zero attached hydrogens (tertiary/aromatic N) is 2. The summed E-state index contributed by atoms with van der Waals surface area (Å²) in [5, 5.41) is 9.09. The highest BCUT2D eigenvalue weighted by atomic mass is 16.5. The van der Waals surface area contributed by atoms with E-state index in [4.69, 9.17) is 9.68 Å². The topological polar surface area (TPSA) is 83.5 Å². The molecule has 6 heteroatoms. The summed E-state index contributed by atoms with van der Waals surface area (Å²) in [6.07, 6.45) is 1.40. The molecule has 0 saturated carbocycles. The third-order valence-corrected chi connectivity index (χ3v) is 3.26. The molecule has 2 aromatic rings. The van der Waals surface area contributed by atoms with E-state index < -0.39 is 11.9 Å². The van der Waals surface area contributed by atoms with Gasteiger partial charge in [-0.25, -0.2) is 4.79 Å². The van der Waals surface area contributed by atoms with Crippen LogP contribution in [0.2, 0.25) is 0 Å². The van der Waals surface area contributed by atoms with Crippen molar-refractivity contribution in [1.82, 2.24) is 4.90 Å². The molecule has 0 N–H and O–H groups in total. The summed E-state index contributed by atoms with van der Waals surface area (Å²) in [5.41, 5.74) is 1.19. The lowest BCUT2D eigenvalue weighted by Gasteiger charge is -2.07. The minimum atomic E-state index is -0.412. The lowest BCUT2D eigenvalue weighted by Crippen LogP contribution is -2.22. The number of furan rings is 1. The molecule has 24 heavy (non-hydrogen) atoms.